The number of aromatic hydroxyl groups is 2. The second-order valence-electron chi connectivity index (χ2n) is 16.9. The number of phenols is 2. The van der Waals surface area contributed by atoms with Gasteiger partial charge in [-0.25, -0.2) is 0 Å². The van der Waals surface area contributed by atoms with Crippen molar-refractivity contribution >= 4 is 12.6 Å². The zero-order chi connectivity index (χ0) is 33.7. The molecule has 2 rings (SSSR count). The Balaban J connectivity index is 2.34. The van der Waals surface area contributed by atoms with Gasteiger partial charge in [0.05, 0.1) is 0 Å². The molecule has 2 aromatic carbocycles. The van der Waals surface area contributed by atoms with Crippen molar-refractivity contribution < 1.29 is 19.8 Å². The lowest BCUT2D eigenvalue weighted by atomic mass is 9.74. The average Bonchev–Trinajstić information content (AvgIpc) is 2.86. The summed E-state index contributed by atoms with van der Waals surface area (Å²) < 4.78 is 0. The van der Waals surface area contributed by atoms with Crippen LogP contribution in [0.3, 0.4) is 0 Å². The highest BCUT2D eigenvalue weighted by molar-refractivity contribution is 5.58. The zero-order valence-electron chi connectivity index (χ0n) is 30.1. The van der Waals surface area contributed by atoms with Gasteiger partial charge in [0.1, 0.15) is 24.1 Å². The summed E-state index contributed by atoms with van der Waals surface area (Å²) in [6.07, 6.45) is 10.2. The number of aldehydes is 2. The van der Waals surface area contributed by atoms with Crippen LogP contribution in [0.1, 0.15) is 166 Å². The summed E-state index contributed by atoms with van der Waals surface area (Å²) in [6, 6.07) is 4.29. The minimum Gasteiger partial charge on any atom is -0.507 e. The molecule has 2 N–H and O–H groups in total. The number of hydrogen-bond donors (Lipinski definition) is 2. The van der Waals surface area contributed by atoms with Crippen LogP contribution in [0.25, 0.3) is 0 Å². The van der Waals surface area contributed by atoms with E-state index in [-0.39, 0.29) is 21.7 Å². The lowest BCUT2D eigenvalue weighted by Crippen LogP contribution is -2.21. The number of benzene rings is 2. The average molecular weight is 607 g/mol. The Morgan fingerprint density at radius 3 is 1.07 bits per heavy atom. The molecule has 2 aromatic rings. The molecule has 0 spiro atoms. The molecule has 246 valence electrons. The molecule has 0 aromatic heterocycles. The molecule has 0 heterocycles. The van der Waals surface area contributed by atoms with Gasteiger partial charge in [-0.15, -0.1) is 0 Å². The van der Waals surface area contributed by atoms with E-state index >= 15 is 0 Å². The van der Waals surface area contributed by atoms with Crippen molar-refractivity contribution in [2.45, 2.75) is 169 Å². The van der Waals surface area contributed by atoms with Crippen LogP contribution in [0.4, 0.5) is 0 Å². The van der Waals surface area contributed by atoms with Crippen LogP contribution in [-0.4, -0.2) is 22.8 Å². The maximum Gasteiger partial charge on any atom is 0.123 e. The number of hydrogen-bond acceptors (Lipinski definition) is 4. The number of carbonyl (C=O) groups excluding carboxylic acids is 2. The Hall–Kier alpha value is -2.62. The highest BCUT2D eigenvalue weighted by atomic mass is 16.3. The third kappa shape index (κ3) is 9.44. The maximum atomic E-state index is 11.5. The molecule has 4 nitrogen and oxygen atoms in total. The molecule has 44 heavy (non-hydrogen) atoms. The molecule has 0 aliphatic heterocycles. The van der Waals surface area contributed by atoms with Gasteiger partial charge in [0.15, 0.2) is 0 Å². The standard InChI is InChI=1S/C40H62O4/c1-37(2,3)31-25-27(19-17-23-41)29(33(35(31)43)39(7,8)9)21-15-13-14-16-22-30-28(20-18-24-42)26-32(38(4,5)6)36(44)34(30)40(10,11)12/h23-26,43-44H,13-22H2,1-12H3. The minimum absolute atomic E-state index is 0.200. The summed E-state index contributed by atoms with van der Waals surface area (Å²) >= 11 is 0. The monoisotopic (exact) mass is 606 g/mol. The van der Waals surface area contributed by atoms with Crippen molar-refractivity contribution in [2.24, 2.45) is 0 Å². The smallest absolute Gasteiger partial charge is 0.123 e. The molecule has 0 unspecified atom stereocenters. The Morgan fingerprint density at radius 2 is 0.818 bits per heavy atom. The minimum atomic E-state index is -0.223. The van der Waals surface area contributed by atoms with Crippen LogP contribution >= 0.6 is 0 Å². The lowest BCUT2D eigenvalue weighted by Gasteiger charge is -2.32. The van der Waals surface area contributed by atoms with E-state index in [1.165, 1.54) is 22.3 Å². The van der Waals surface area contributed by atoms with E-state index in [4.69, 9.17) is 0 Å². The van der Waals surface area contributed by atoms with E-state index in [1.807, 2.05) is 0 Å². The highest BCUT2D eigenvalue weighted by Crippen LogP contribution is 2.45. The first-order chi connectivity index (χ1) is 20.2. The van der Waals surface area contributed by atoms with Crippen molar-refractivity contribution in [1.29, 1.82) is 0 Å². The van der Waals surface area contributed by atoms with Crippen LogP contribution in [0, 0.1) is 0 Å². The molecule has 0 bridgehead atoms. The van der Waals surface area contributed by atoms with Crippen LogP contribution in [0.2, 0.25) is 0 Å². The van der Waals surface area contributed by atoms with Gasteiger partial charge < -0.3 is 19.8 Å². The van der Waals surface area contributed by atoms with E-state index in [2.05, 4.69) is 95.2 Å². The molecule has 0 atom stereocenters. The van der Waals surface area contributed by atoms with Crippen molar-refractivity contribution in [2.75, 3.05) is 0 Å². The molecule has 0 saturated heterocycles. The summed E-state index contributed by atoms with van der Waals surface area (Å²) in [5, 5.41) is 23.0. The summed E-state index contributed by atoms with van der Waals surface area (Å²) in [6.45, 7) is 25.8. The number of phenolic OH excluding ortho intramolecular Hbond substituents is 2. The molecule has 0 radical (unpaired) electrons. The van der Waals surface area contributed by atoms with Crippen molar-refractivity contribution in [3.05, 3.63) is 56.6 Å². The van der Waals surface area contributed by atoms with Crippen molar-refractivity contribution in [3.8, 4) is 11.5 Å². The molecule has 4 heteroatoms. The first kappa shape index (κ1) is 37.6. The van der Waals surface area contributed by atoms with E-state index < -0.39 is 0 Å². The van der Waals surface area contributed by atoms with Crippen LogP contribution in [-0.2, 0) is 56.9 Å². The van der Waals surface area contributed by atoms with E-state index in [9.17, 15) is 19.8 Å². The first-order valence-corrected chi connectivity index (χ1v) is 16.8. The molecule has 0 aliphatic rings. The van der Waals surface area contributed by atoms with Gasteiger partial charge in [0, 0.05) is 24.0 Å². The first-order valence-electron chi connectivity index (χ1n) is 16.8. The number of unbranched alkanes of at least 4 members (excludes halogenated alkanes) is 3. The summed E-state index contributed by atoms with van der Waals surface area (Å²) in [4.78, 5) is 22.7. The second kappa shape index (κ2) is 14.6. The topological polar surface area (TPSA) is 74.6 Å². The predicted octanol–water partition coefficient (Wildman–Crippen LogP) is 9.90. The number of aryl methyl sites for hydroxylation is 2. The fourth-order valence-corrected chi connectivity index (χ4v) is 6.70. The van der Waals surface area contributed by atoms with Gasteiger partial charge in [-0.3, -0.25) is 0 Å². The molecular weight excluding hydrogens is 544 g/mol. The van der Waals surface area contributed by atoms with Gasteiger partial charge in [-0.2, -0.15) is 0 Å². The van der Waals surface area contributed by atoms with Gasteiger partial charge in [0.25, 0.3) is 0 Å². The Bertz CT molecular complexity index is 1190. The van der Waals surface area contributed by atoms with E-state index in [1.54, 1.807) is 0 Å². The fourth-order valence-electron chi connectivity index (χ4n) is 6.70. The van der Waals surface area contributed by atoms with E-state index in [0.29, 0.717) is 37.2 Å². The maximum absolute atomic E-state index is 11.5. The third-order valence-electron chi connectivity index (χ3n) is 8.78. The van der Waals surface area contributed by atoms with Crippen LogP contribution < -0.4 is 0 Å². The van der Waals surface area contributed by atoms with E-state index in [0.717, 1.165) is 73.4 Å². The normalized spacial score (nSPS) is 12.9. The molecule has 0 amide bonds. The van der Waals surface area contributed by atoms with Gasteiger partial charge in [-0.1, -0.05) is 108 Å². The molecule has 0 saturated carbocycles. The number of carbonyl (C=O) groups is 2. The van der Waals surface area contributed by atoms with Gasteiger partial charge in [-0.05, 0) is 93.6 Å². The Morgan fingerprint density at radius 1 is 0.500 bits per heavy atom. The summed E-state index contributed by atoms with van der Waals surface area (Å²) in [5.74, 6) is 0.817. The third-order valence-corrected chi connectivity index (χ3v) is 8.78. The quantitative estimate of drug-likeness (QED) is 0.176. The Labute approximate surface area is 269 Å². The van der Waals surface area contributed by atoms with Crippen molar-refractivity contribution in [3.63, 3.8) is 0 Å². The van der Waals surface area contributed by atoms with Crippen LogP contribution in [0.5, 0.6) is 11.5 Å². The fraction of sp³-hybridized carbons (Fsp3) is 0.650. The molecule has 0 aliphatic carbocycles. The summed E-state index contributed by atoms with van der Waals surface area (Å²) in [7, 11) is 0. The lowest BCUT2D eigenvalue weighted by molar-refractivity contribution is -0.108. The molecule has 0 fully saturated rings. The van der Waals surface area contributed by atoms with Crippen molar-refractivity contribution in [1.82, 2.24) is 0 Å². The highest BCUT2D eigenvalue weighted by Gasteiger charge is 2.31. The molecular formula is C40H62O4. The van der Waals surface area contributed by atoms with Crippen LogP contribution in [0.15, 0.2) is 12.1 Å². The number of rotatable bonds is 13. The van der Waals surface area contributed by atoms with Gasteiger partial charge in [0.2, 0.25) is 0 Å². The predicted molar refractivity (Wildman–Crippen MR) is 186 cm³/mol. The Kier molecular flexibility index (Phi) is 12.5. The second-order valence-corrected chi connectivity index (χ2v) is 16.9. The summed E-state index contributed by atoms with van der Waals surface area (Å²) in [5.41, 5.74) is 7.90. The largest absolute Gasteiger partial charge is 0.507 e. The van der Waals surface area contributed by atoms with Gasteiger partial charge >= 0.3 is 0 Å². The zero-order valence-corrected chi connectivity index (χ0v) is 30.1. The SMILES string of the molecule is CC(C)(C)c1cc(CCC=O)c(CCCCCCc2c(CCC=O)cc(C(C)(C)C)c(O)c2C(C)(C)C)c(C(C)(C)C)c1O.